The lowest BCUT2D eigenvalue weighted by molar-refractivity contribution is 0.0948. The molecule has 6 heteroatoms. The zero-order chi connectivity index (χ0) is 16.4. The van der Waals surface area contributed by atoms with Crippen LogP contribution in [0.2, 0.25) is 10.0 Å². The van der Waals surface area contributed by atoms with E-state index in [4.69, 9.17) is 29.6 Å². The van der Waals surface area contributed by atoms with Gasteiger partial charge in [-0.2, -0.15) is 0 Å². The molecule has 1 amide bonds. The van der Waals surface area contributed by atoms with E-state index in [1.165, 1.54) is 0 Å². The number of terminal acetylenes is 1. The lowest BCUT2D eigenvalue weighted by Gasteiger charge is -2.02. The molecule has 2 heterocycles. The van der Waals surface area contributed by atoms with E-state index in [1.807, 2.05) is 18.2 Å². The number of carbonyl (C=O) groups is 1. The predicted molar refractivity (Wildman–Crippen MR) is 91.8 cm³/mol. The van der Waals surface area contributed by atoms with Crippen molar-refractivity contribution < 1.29 is 4.79 Å². The van der Waals surface area contributed by atoms with Crippen LogP contribution in [0.5, 0.6) is 0 Å². The molecule has 0 saturated heterocycles. The topological polar surface area (TPSA) is 46.4 Å². The molecule has 0 radical (unpaired) electrons. The van der Waals surface area contributed by atoms with Gasteiger partial charge in [0.2, 0.25) is 5.82 Å². The molecular weight excluding hydrogens is 333 g/mol. The molecule has 3 aromatic rings. The van der Waals surface area contributed by atoms with Crippen LogP contribution in [0.3, 0.4) is 0 Å². The maximum atomic E-state index is 12.3. The van der Waals surface area contributed by atoms with Gasteiger partial charge < -0.3 is 5.32 Å². The Hall–Kier alpha value is -2.48. The number of nitrogens with one attached hydrogen (secondary N) is 1. The van der Waals surface area contributed by atoms with E-state index in [1.54, 1.807) is 28.8 Å². The number of carbonyl (C=O) groups excluding carboxylic acids is 1. The van der Waals surface area contributed by atoms with Gasteiger partial charge in [0.25, 0.3) is 5.91 Å². The molecule has 0 saturated carbocycles. The summed E-state index contributed by atoms with van der Waals surface area (Å²) in [6.07, 6.45) is 6.94. The molecule has 23 heavy (non-hydrogen) atoms. The van der Waals surface area contributed by atoms with E-state index in [2.05, 4.69) is 16.2 Å². The molecular formula is C17H11Cl2N3O. The van der Waals surface area contributed by atoms with Gasteiger partial charge >= 0.3 is 0 Å². The van der Waals surface area contributed by atoms with Crippen LogP contribution < -0.4 is 5.32 Å². The smallest absolute Gasteiger partial charge is 0.288 e. The summed E-state index contributed by atoms with van der Waals surface area (Å²) in [5, 5.41) is 3.62. The van der Waals surface area contributed by atoms with Crippen LogP contribution in [-0.2, 0) is 0 Å². The first-order chi connectivity index (χ1) is 11.1. The second-order valence-electron chi connectivity index (χ2n) is 4.75. The third kappa shape index (κ3) is 2.89. The quantitative estimate of drug-likeness (QED) is 0.737. The van der Waals surface area contributed by atoms with Crippen molar-refractivity contribution in [3.05, 3.63) is 58.5 Å². The van der Waals surface area contributed by atoms with Gasteiger partial charge in [-0.3, -0.25) is 9.20 Å². The zero-order valence-electron chi connectivity index (χ0n) is 11.9. The minimum Gasteiger partial charge on any atom is -0.338 e. The van der Waals surface area contributed by atoms with Gasteiger partial charge in [-0.25, -0.2) is 4.98 Å². The maximum Gasteiger partial charge on any atom is 0.288 e. The van der Waals surface area contributed by atoms with E-state index in [0.29, 0.717) is 21.3 Å². The normalized spacial score (nSPS) is 10.5. The van der Waals surface area contributed by atoms with Crippen molar-refractivity contribution in [2.75, 3.05) is 6.54 Å². The molecule has 0 fully saturated rings. The Morgan fingerprint density at radius 3 is 2.87 bits per heavy atom. The predicted octanol–water partition coefficient (Wildman–Crippen LogP) is 3.67. The lowest BCUT2D eigenvalue weighted by Crippen LogP contribution is -2.25. The third-order valence-electron chi connectivity index (χ3n) is 3.29. The number of fused-ring (bicyclic) bond motifs is 1. The SMILES string of the molecule is C#CCNC(=O)c1nc(-c2ccc(Cl)cc2Cl)c2ccccn12. The number of pyridine rings is 1. The second-order valence-corrected chi connectivity index (χ2v) is 5.59. The van der Waals surface area contributed by atoms with E-state index in [9.17, 15) is 4.79 Å². The highest BCUT2D eigenvalue weighted by Crippen LogP contribution is 2.32. The number of halogens is 2. The summed E-state index contributed by atoms with van der Waals surface area (Å²) in [5.41, 5.74) is 2.08. The standard InChI is InChI=1S/C17H11Cl2N3O/c1-2-8-20-17(23)16-21-15(14-5-3-4-9-22(14)16)12-7-6-11(18)10-13(12)19/h1,3-7,9-10H,8H2,(H,20,23). The fourth-order valence-electron chi connectivity index (χ4n) is 2.29. The molecule has 114 valence electrons. The molecule has 0 spiro atoms. The maximum absolute atomic E-state index is 12.3. The largest absolute Gasteiger partial charge is 0.338 e. The van der Waals surface area contributed by atoms with E-state index in [-0.39, 0.29) is 18.3 Å². The van der Waals surface area contributed by atoms with E-state index >= 15 is 0 Å². The van der Waals surface area contributed by atoms with Crippen LogP contribution in [0.4, 0.5) is 0 Å². The highest BCUT2D eigenvalue weighted by Gasteiger charge is 2.19. The summed E-state index contributed by atoms with van der Waals surface area (Å²) in [4.78, 5) is 16.7. The van der Waals surface area contributed by atoms with Crippen LogP contribution in [-0.4, -0.2) is 21.8 Å². The molecule has 0 bridgehead atoms. The van der Waals surface area contributed by atoms with Gasteiger partial charge in [0.05, 0.1) is 22.8 Å². The van der Waals surface area contributed by atoms with Gasteiger partial charge in [-0.05, 0) is 30.3 Å². The van der Waals surface area contributed by atoms with Crippen molar-refractivity contribution in [1.82, 2.24) is 14.7 Å². The molecule has 0 aliphatic rings. The number of benzene rings is 1. The van der Waals surface area contributed by atoms with Crippen LogP contribution in [0.15, 0.2) is 42.6 Å². The summed E-state index contributed by atoms with van der Waals surface area (Å²) < 4.78 is 1.70. The number of hydrogen-bond acceptors (Lipinski definition) is 2. The first kappa shape index (κ1) is 15.4. The van der Waals surface area contributed by atoms with Crippen molar-refractivity contribution in [2.45, 2.75) is 0 Å². The minimum atomic E-state index is -0.347. The molecule has 4 nitrogen and oxygen atoms in total. The van der Waals surface area contributed by atoms with Gasteiger partial charge in [-0.1, -0.05) is 35.2 Å². The Bertz CT molecular complexity index is 941. The monoisotopic (exact) mass is 343 g/mol. The van der Waals surface area contributed by atoms with Gasteiger partial charge in [0, 0.05) is 16.8 Å². The first-order valence-corrected chi connectivity index (χ1v) is 7.51. The highest BCUT2D eigenvalue weighted by atomic mass is 35.5. The van der Waals surface area contributed by atoms with Gasteiger partial charge in [-0.15, -0.1) is 6.42 Å². The summed E-state index contributed by atoms with van der Waals surface area (Å²) in [5.74, 6) is 2.27. The summed E-state index contributed by atoms with van der Waals surface area (Å²) >= 11 is 12.2. The minimum absolute atomic E-state index is 0.137. The Morgan fingerprint density at radius 2 is 2.13 bits per heavy atom. The highest BCUT2D eigenvalue weighted by molar-refractivity contribution is 6.36. The summed E-state index contributed by atoms with van der Waals surface area (Å²) in [6.45, 7) is 0.137. The number of imidazole rings is 1. The van der Waals surface area contributed by atoms with E-state index in [0.717, 1.165) is 5.52 Å². The van der Waals surface area contributed by atoms with Crippen molar-refractivity contribution in [3.8, 4) is 23.6 Å². The molecule has 0 atom stereocenters. The van der Waals surface area contributed by atoms with Crippen LogP contribution in [0.25, 0.3) is 16.8 Å². The summed E-state index contributed by atoms with van der Waals surface area (Å²) in [7, 11) is 0. The van der Waals surface area contributed by atoms with Gasteiger partial charge in [0.1, 0.15) is 0 Å². The molecule has 0 aliphatic heterocycles. The van der Waals surface area contributed by atoms with Crippen molar-refractivity contribution >= 4 is 34.6 Å². The number of nitrogens with zero attached hydrogens (tertiary/aromatic N) is 2. The number of rotatable bonds is 3. The number of aromatic nitrogens is 2. The molecule has 2 aromatic heterocycles. The first-order valence-electron chi connectivity index (χ1n) is 6.76. The third-order valence-corrected chi connectivity index (χ3v) is 3.84. The molecule has 0 unspecified atom stereocenters. The Balaban J connectivity index is 2.19. The van der Waals surface area contributed by atoms with Crippen molar-refractivity contribution in [1.29, 1.82) is 0 Å². The average Bonchev–Trinajstić information content (AvgIpc) is 2.92. The molecule has 3 rings (SSSR count). The molecule has 1 aromatic carbocycles. The van der Waals surface area contributed by atoms with Gasteiger partial charge in [0.15, 0.2) is 0 Å². The van der Waals surface area contributed by atoms with Crippen LogP contribution in [0.1, 0.15) is 10.6 Å². The average molecular weight is 344 g/mol. The van der Waals surface area contributed by atoms with Crippen LogP contribution >= 0.6 is 23.2 Å². The molecule has 0 aliphatic carbocycles. The fourth-order valence-corrected chi connectivity index (χ4v) is 2.79. The lowest BCUT2D eigenvalue weighted by atomic mass is 10.1. The Kier molecular flexibility index (Phi) is 4.24. The zero-order valence-corrected chi connectivity index (χ0v) is 13.4. The Morgan fingerprint density at radius 1 is 1.30 bits per heavy atom. The van der Waals surface area contributed by atoms with Crippen LogP contribution in [0, 0.1) is 12.3 Å². The fraction of sp³-hybridized carbons (Fsp3) is 0.0588. The summed E-state index contributed by atoms with van der Waals surface area (Å²) in [6, 6.07) is 10.7. The van der Waals surface area contributed by atoms with E-state index < -0.39 is 0 Å². The van der Waals surface area contributed by atoms with Crippen molar-refractivity contribution in [3.63, 3.8) is 0 Å². The molecule has 1 N–H and O–H groups in total. The number of amides is 1. The Labute approximate surface area is 143 Å². The number of hydrogen-bond donors (Lipinski definition) is 1. The van der Waals surface area contributed by atoms with Crippen molar-refractivity contribution in [2.24, 2.45) is 0 Å². The second kappa shape index (κ2) is 6.33.